The number of hydrogen-bond acceptors (Lipinski definition) is 5. The number of nitrogens with one attached hydrogen (secondary N) is 3. The molecule has 0 unspecified atom stereocenters. The number of aliphatic hydroxyl groups is 1. The van der Waals surface area contributed by atoms with Crippen LogP contribution in [-0.4, -0.2) is 46.6 Å². The maximum atomic E-state index is 12.7. The fraction of sp³-hybridized carbons (Fsp3) is 0.435. The summed E-state index contributed by atoms with van der Waals surface area (Å²) in [5.41, 5.74) is 2.94. The molecule has 1 aliphatic carbocycles. The third kappa shape index (κ3) is 5.16. The molecule has 0 bridgehead atoms. The topological polar surface area (TPSA) is 103 Å². The highest BCUT2D eigenvalue weighted by Gasteiger charge is 2.25. The Labute approximate surface area is 177 Å². The molecule has 1 heterocycles. The van der Waals surface area contributed by atoms with Gasteiger partial charge in [0.05, 0.1) is 17.7 Å². The van der Waals surface area contributed by atoms with E-state index in [0.29, 0.717) is 23.5 Å². The second kappa shape index (κ2) is 8.83. The summed E-state index contributed by atoms with van der Waals surface area (Å²) in [4.78, 5) is 29.6. The van der Waals surface area contributed by atoms with E-state index in [1.54, 1.807) is 12.3 Å². The van der Waals surface area contributed by atoms with E-state index in [4.69, 9.17) is 0 Å². The van der Waals surface area contributed by atoms with Crippen LogP contribution in [0, 0.1) is 6.92 Å². The summed E-state index contributed by atoms with van der Waals surface area (Å²) in [7, 11) is 0. The molecule has 30 heavy (non-hydrogen) atoms. The molecule has 1 saturated carbocycles. The smallest absolute Gasteiger partial charge is 0.255 e. The first-order chi connectivity index (χ1) is 14.2. The van der Waals surface area contributed by atoms with Gasteiger partial charge in [-0.1, -0.05) is 6.07 Å². The van der Waals surface area contributed by atoms with Crippen LogP contribution in [0.5, 0.6) is 0 Å². The van der Waals surface area contributed by atoms with Crippen molar-refractivity contribution in [2.45, 2.75) is 52.1 Å². The lowest BCUT2D eigenvalue weighted by molar-refractivity contribution is 0.0944. The molecule has 7 heteroatoms. The van der Waals surface area contributed by atoms with Gasteiger partial charge in [-0.15, -0.1) is 0 Å². The molecular weight excluding hydrogens is 380 g/mol. The molecule has 0 spiro atoms. The number of pyridine rings is 1. The highest BCUT2D eigenvalue weighted by atomic mass is 16.3. The quantitative estimate of drug-likeness (QED) is 0.536. The van der Waals surface area contributed by atoms with Gasteiger partial charge in [0.15, 0.2) is 0 Å². The highest BCUT2D eigenvalue weighted by molar-refractivity contribution is 6.00. The number of carbonyl (C=O) groups is 2. The Morgan fingerprint density at radius 1 is 1.20 bits per heavy atom. The van der Waals surface area contributed by atoms with Gasteiger partial charge >= 0.3 is 0 Å². The minimum Gasteiger partial charge on any atom is -0.394 e. The Balaban J connectivity index is 2.00. The van der Waals surface area contributed by atoms with Crippen molar-refractivity contribution >= 4 is 17.6 Å². The van der Waals surface area contributed by atoms with Gasteiger partial charge in [0, 0.05) is 29.9 Å². The van der Waals surface area contributed by atoms with E-state index in [9.17, 15) is 14.7 Å². The largest absolute Gasteiger partial charge is 0.394 e. The van der Waals surface area contributed by atoms with Gasteiger partial charge in [-0.25, -0.2) is 4.98 Å². The molecule has 160 valence electrons. The Morgan fingerprint density at radius 2 is 1.93 bits per heavy atom. The van der Waals surface area contributed by atoms with Gasteiger partial charge < -0.3 is 21.1 Å². The predicted octanol–water partition coefficient (Wildman–Crippen LogP) is 2.88. The lowest BCUT2D eigenvalue weighted by atomic mass is 9.97. The second-order valence-electron chi connectivity index (χ2n) is 8.42. The van der Waals surface area contributed by atoms with E-state index in [-0.39, 0.29) is 24.5 Å². The van der Waals surface area contributed by atoms with Gasteiger partial charge in [-0.3, -0.25) is 9.59 Å². The molecular formula is C23H30N4O3. The van der Waals surface area contributed by atoms with E-state index in [0.717, 1.165) is 29.5 Å². The van der Waals surface area contributed by atoms with E-state index < -0.39 is 5.54 Å². The van der Waals surface area contributed by atoms with Crippen LogP contribution in [0.3, 0.4) is 0 Å². The van der Waals surface area contributed by atoms with Gasteiger partial charge in [0.1, 0.15) is 5.82 Å². The summed E-state index contributed by atoms with van der Waals surface area (Å²) in [6.07, 6.45) is 3.75. The molecule has 1 aliphatic rings. The van der Waals surface area contributed by atoms with Crippen molar-refractivity contribution in [3.8, 4) is 11.1 Å². The average molecular weight is 411 g/mol. The molecule has 1 aromatic heterocycles. The number of nitrogens with zero attached hydrogens (tertiary/aromatic N) is 1. The first kappa shape index (κ1) is 21.8. The minimum atomic E-state index is -0.632. The monoisotopic (exact) mass is 410 g/mol. The zero-order valence-corrected chi connectivity index (χ0v) is 18.0. The Kier molecular flexibility index (Phi) is 6.41. The third-order valence-corrected chi connectivity index (χ3v) is 5.05. The summed E-state index contributed by atoms with van der Waals surface area (Å²) < 4.78 is 0. The van der Waals surface area contributed by atoms with E-state index in [1.165, 1.54) is 0 Å². The SMILES string of the molecule is CCNC(=O)c1cc(-c2cc(C(=O)NC3CC3)ccc2C)cnc1NC(C)(C)CO. The van der Waals surface area contributed by atoms with Crippen molar-refractivity contribution < 1.29 is 14.7 Å². The molecule has 0 aliphatic heterocycles. The molecule has 0 saturated heterocycles. The third-order valence-electron chi connectivity index (χ3n) is 5.05. The number of rotatable bonds is 8. The Morgan fingerprint density at radius 3 is 2.57 bits per heavy atom. The number of aromatic nitrogens is 1. The van der Waals surface area contributed by atoms with Gasteiger partial charge in [0.25, 0.3) is 11.8 Å². The summed E-state index contributed by atoms with van der Waals surface area (Å²) in [6.45, 7) is 7.85. The van der Waals surface area contributed by atoms with Crippen molar-refractivity contribution in [2.24, 2.45) is 0 Å². The molecule has 1 aromatic carbocycles. The predicted molar refractivity (Wildman–Crippen MR) is 118 cm³/mol. The number of benzene rings is 1. The van der Waals surface area contributed by atoms with Crippen LogP contribution in [0.15, 0.2) is 30.5 Å². The fourth-order valence-corrected chi connectivity index (χ4v) is 3.07. The highest BCUT2D eigenvalue weighted by Crippen LogP contribution is 2.29. The lowest BCUT2D eigenvalue weighted by Crippen LogP contribution is -2.36. The molecule has 0 atom stereocenters. The first-order valence-corrected chi connectivity index (χ1v) is 10.3. The Bertz CT molecular complexity index is 951. The molecule has 4 N–H and O–H groups in total. The molecule has 3 rings (SSSR count). The maximum Gasteiger partial charge on any atom is 0.255 e. The van der Waals surface area contributed by atoms with Gasteiger partial charge in [-0.2, -0.15) is 0 Å². The van der Waals surface area contributed by atoms with Crippen LogP contribution in [0.1, 0.15) is 59.9 Å². The summed E-state index contributed by atoms with van der Waals surface area (Å²) in [5, 5.41) is 18.5. The van der Waals surface area contributed by atoms with Crippen molar-refractivity contribution in [1.82, 2.24) is 15.6 Å². The Hall–Kier alpha value is -2.93. The van der Waals surface area contributed by atoms with Gasteiger partial charge in [0.2, 0.25) is 0 Å². The van der Waals surface area contributed by atoms with Crippen LogP contribution in [-0.2, 0) is 0 Å². The van der Waals surface area contributed by atoms with E-state index >= 15 is 0 Å². The first-order valence-electron chi connectivity index (χ1n) is 10.3. The summed E-state index contributed by atoms with van der Waals surface area (Å²) in [6, 6.07) is 7.63. The standard InChI is InChI=1S/C23H30N4O3/c1-5-24-22(30)19-11-16(12-25-20(19)27-23(3,4)13-28)18-10-15(7-6-14(18)2)21(29)26-17-8-9-17/h6-7,10-12,17,28H,5,8-9,13H2,1-4H3,(H,24,30)(H,25,27)(H,26,29). The molecule has 1 fully saturated rings. The maximum absolute atomic E-state index is 12.7. The van der Waals surface area contributed by atoms with E-state index in [1.807, 2.05) is 45.9 Å². The number of hydrogen-bond donors (Lipinski definition) is 4. The van der Waals surface area contributed by atoms with Crippen molar-refractivity contribution in [3.63, 3.8) is 0 Å². The molecule has 7 nitrogen and oxygen atoms in total. The number of aliphatic hydroxyl groups excluding tert-OH is 1. The van der Waals surface area contributed by atoms with Crippen LogP contribution in [0.25, 0.3) is 11.1 Å². The number of anilines is 1. The van der Waals surface area contributed by atoms with Crippen molar-refractivity contribution in [1.29, 1.82) is 0 Å². The lowest BCUT2D eigenvalue weighted by Gasteiger charge is -2.25. The zero-order chi connectivity index (χ0) is 21.9. The van der Waals surface area contributed by atoms with Crippen LogP contribution in [0.4, 0.5) is 5.82 Å². The van der Waals surface area contributed by atoms with Crippen LogP contribution in [0.2, 0.25) is 0 Å². The number of carbonyl (C=O) groups excluding carboxylic acids is 2. The van der Waals surface area contributed by atoms with Gasteiger partial charge in [-0.05, 0) is 69.9 Å². The molecule has 2 amide bonds. The van der Waals surface area contributed by atoms with E-state index in [2.05, 4.69) is 20.9 Å². The van der Waals surface area contributed by atoms with Crippen LogP contribution < -0.4 is 16.0 Å². The average Bonchev–Trinajstić information content (AvgIpc) is 3.52. The number of aryl methyl sites for hydroxylation is 1. The number of amides is 2. The molecule has 2 aromatic rings. The van der Waals surface area contributed by atoms with Crippen molar-refractivity contribution in [3.05, 3.63) is 47.2 Å². The van der Waals surface area contributed by atoms with Crippen molar-refractivity contribution in [2.75, 3.05) is 18.5 Å². The molecule has 0 radical (unpaired) electrons. The fourth-order valence-electron chi connectivity index (χ4n) is 3.07. The second-order valence-corrected chi connectivity index (χ2v) is 8.42. The summed E-state index contributed by atoms with van der Waals surface area (Å²) in [5.74, 6) is 0.0750. The minimum absolute atomic E-state index is 0.0846. The zero-order valence-electron chi connectivity index (χ0n) is 18.0. The normalized spacial score (nSPS) is 13.6. The summed E-state index contributed by atoms with van der Waals surface area (Å²) >= 11 is 0. The van der Waals surface area contributed by atoms with Crippen LogP contribution >= 0.6 is 0 Å².